The molecule has 0 aliphatic rings. The van der Waals surface area contributed by atoms with Gasteiger partial charge in [-0.05, 0) is 61.9 Å². The number of hydrogen-bond donors (Lipinski definition) is 0. The van der Waals surface area contributed by atoms with Crippen LogP contribution in [0.15, 0.2) is 213 Å². The van der Waals surface area contributed by atoms with Gasteiger partial charge in [-0.25, -0.2) is 24.9 Å². The van der Waals surface area contributed by atoms with Crippen LogP contribution in [0, 0.1) is 6.92 Å². The van der Waals surface area contributed by atoms with Gasteiger partial charge in [-0.3, -0.25) is 0 Å². The molecule has 0 saturated carbocycles. The Morgan fingerprint density at radius 1 is 0.508 bits per heavy atom. The van der Waals surface area contributed by atoms with E-state index >= 15 is 0 Å². The van der Waals surface area contributed by atoms with E-state index in [1.54, 1.807) is 17.8 Å². The zero-order valence-electron chi connectivity index (χ0n) is 34.6. The molecule has 0 amide bonds. The van der Waals surface area contributed by atoms with Gasteiger partial charge < -0.3 is 8.83 Å². The maximum atomic E-state index is 6.65. The van der Waals surface area contributed by atoms with Crippen LogP contribution in [0.5, 0.6) is 0 Å². The van der Waals surface area contributed by atoms with Gasteiger partial charge in [0.25, 0.3) is 0 Å². The fourth-order valence-electron chi connectivity index (χ4n) is 7.70. The van der Waals surface area contributed by atoms with Crippen molar-refractivity contribution in [3.8, 4) is 56.8 Å². The summed E-state index contributed by atoms with van der Waals surface area (Å²) in [6.07, 6.45) is 5.58. The van der Waals surface area contributed by atoms with E-state index in [2.05, 4.69) is 74.2 Å². The third kappa shape index (κ3) is 7.69. The molecule has 0 aliphatic heterocycles. The number of fused-ring (bicyclic) bond motifs is 6. The minimum absolute atomic E-state index is 0.561. The van der Waals surface area contributed by atoms with Gasteiger partial charge in [0.2, 0.25) is 0 Å². The Hall–Kier alpha value is -7.94. The standard InChI is InChI=1S/C50H31N5O2S.C5H8/c1-30-15-13-24-38(46(30)58-34-20-9-4-10-21-34)50-54-48(32-18-7-3-8-19-32)53-49(55-50)37-23-14-26-40-42(37)35-28-27-33(29-41(35)56-40)43-45-44(36-22-11-12-25-39(36)57-45)52-47(51-43)31-16-5-2-6-17-31;1-3-5-4-2/h2-29H,1H3;3-5H,1H2,2H3/b;5-4-. The molecule has 0 aliphatic carbocycles. The largest absolute Gasteiger partial charge is 0.456 e. The van der Waals surface area contributed by atoms with Crippen LogP contribution in [-0.4, -0.2) is 24.9 Å². The molecule has 0 unspecified atom stereocenters. The minimum Gasteiger partial charge on any atom is -0.456 e. The van der Waals surface area contributed by atoms with Crippen molar-refractivity contribution in [2.24, 2.45) is 0 Å². The summed E-state index contributed by atoms with van der Waals surface area (Å²) < 4.78 is 13.1. The van der Waals surface area contributed by atoms with Gasteiger partial charge >= 0.3 is 0 Å². The zero-order valence-corrected chi connectivity index (χ0v) is 35.4. The molecule has 0 saturated heterocycles. The summed E-state index contributed by atoms with van der Waals surface area (Å²) in [7, 11) is 0. The first-order chi connectivity index (χ1) is 31.1. The van der Waals surface area contributed by atoms with E-state index in [9.17, 15) is 0 Å². The van der Waals surface area contributed by atoms with E-state index in [-0.39, 0.29) is 0 Å². The summed E-state index contributed by atoms with van der Waals surface area (Å²) in [4.78, 5) is 27.8. The zero-order chi connectivity index (χ0) is 42.7. The molecule has 11 rings (SSSR count). The molecule has 4 heterocycles. The lowest BCUT2D eigenvalue weighted by molar-refractivity contribution is 0.666. The highest BCUT2D eigenvalue weighted by molar-refractivity contribution is 7.99. The number of aryl methyl sites for hydroxylation is 1. The monoisotopic (exact) mass is 833 g/mol. The Morgan fingerprint density at radius 2 is 1.13 bits per heavy atom. The smallest absolute Gasteiger partial charge is 0.180 e. The van der Waals surface area contributed by atoms with Crippen LogP contribution < -0.4 is 0 Å². The van der Waals surface area contributed by atoms with Crippen molar-refractivity contribution in [1.82, 2.24) is 24.9 Å². The molecule has 11 aromatic rings. The van der Waals surface area contributed by atoms with E-state index in [0.29, 0.717) is 40.2 Å². The highest BCUT2D eigenvalue weighted by atomic mass is 32.2. The molecule has 7 aromatic carbocycles. The van der Waals surface area contributed by atoms with Gasteiger partial charge in [-0.15, -0.1) is 0 Å². The normalized spacial score (nSPS) is 11.4. The van der Waals surface area contributed by atoms with Crippen molar-refractivity contribution in [3.63, 3.8) is 0 Å². The molecular weight excluding hydrogens is 795 g/mol. The number of furan rings is 2. The summed E-state index contributed by atoms with van der Waals surface area (Å²) in [6.45, 7) is 7.55. The van der Waals surface area contributed by atoms with Gasteiger partial charge in [-0.1, -0.05) is 164 Å². The van der Waals surface area contributed by atoms with Gasteiger partial charge in [0, 0.05) is 53.8 Å². The number of allylic oxidation sites excluding steroid dienone is 3. The van der Waals surface area contributed by atoms with Crippen LogP contribution in [0.2, 0.25) is 0 Å². The molecule has 0 fully saturated rings. The van der Waals surface area contributed by atoms with E-state index in [1.807, 2.05) is 128 Å². The molecule has 7 nitrogen and oxygen atoms in total. The van der Waals surface area contributed by atoms with Crippen molar-refractivity contribution in [2.45, 2.75) is 23.6 Å². The second kappa shape index (κ2) is 17.2. The molecule has 0 N–H and O–H groups in total. The molecule has 8 heteroatoms. The molecular formula is C55H39N5O2S. The molecule has 4 aromatic heterocycles. The van der Waals surface area contributed by atoms with Gasteiger partial charge in [-0.2, -0.15) is 0 Å². The first-order valence-corrected chi connectivity index (χ1v) is 21.5. The highest BCUT2D eigenvalue weighted by Crippen LogP contribution is 2.42. The number of benzene rings is 7. The Labute approximate surface area is 368 Å². The molecule has 0 atom stereocenters. The van der Waals surface area contributed by atoms with Crippen molar-refractivity contribution in [2.75, 3.05) is 0 Å². The molecule has 0 radical (unpaired) electrons. The maximum absolute atomic E-state index is 6.65. The Kier molecular flexibility index (Phi) is 10.7. The average Bonchev–Trinajstić information content (AvgIpc) is 3.91. The van der Waals surface area contributed by atoms with Crippen molar-refractivity contribution >= 4 is 55.8 Å². The Balaban J connectivity index is 0.000000895. The molecule has 302 valence electrons. The van der Waals surface area contributed by atoms with E-state index in [1.165, 1.54) is 0 Å². The Morgan fingerprint density at radius 3 is 1.84 bits per heavy atom. The number of hydrogen-bond acceptors (Lipinski definition) is 8. The van der Waals surface area contributed by atoms with Crippen LogP contribution in [-0.2, 0) is 0 Å². The fraction of sp³-hybridized carbons (Fsp3) is 0.0364. The van der Waals surface area contributed by atoms with Crippen LogP contribution >= 0.6 is 11.8 Å². The van der Waals surface area contributed by atoms with E-state index in [0.717, 1.165) is 76.0 Å². The second-order valence-electron chi connectivity index (χ2n) is 14.8. The van der Waals surface area contributed by atoms with Crippen molar-refractivity contribution in [1.29, 1.82) is 0 Å². The van der Waals surface area contributed by atoms with Crippen LogP contribution in [0.3, 0.4) is 0 Å². The number of aromatic nitrogens is 5. The third-order valence-electron chi connectivity index (χ3n) is 10.7. The first-order valence-electron chi connectivity index (χ1n) is 20.6. The van der Waals surface area contributed by atoms with Crippen LogP contribution in [0.4, 0.5) is 0 Å². The lowest BCUT2D eigenvalue weighted by atomic mass is 10.0. The van der Waals surface area contributed by atoms with Crippen molar-refractivity contribution in [3.05, 3.63) is 200 Å². The summed E-state index contributed by atoms with van der Waals surface area (Å²) in [5.41, 5.74) is 9.91. The Bertz CT molecular complexity index is 3470. The van der Waals surface area contributed by atoms with Gasteiger partial charge in [0.1, 0.15) is 28.0 Å². The summed E-state index contributed by atoms with van der Waals surface area (Å²) in [6, 6.07) is 57.0. The summed E-state index contributed by atoms with van der Waals surface area (Å²) in [5.74, 6) is 2.38. The first kappa shape index (κ1) is 39.2. The summed E-state index contributed by atoms with van der Waals surface area (Å²) in [5, 5.41) is 2.80. The molecule has 63 heavy (non-hydrogen) atoms. The number of para-hydroxylation sites is 1. The lowest BCUT2D eigenvalue weighted by Gasteiger charge is -2.14. The van der Waals surface area contributed by atoms with E-state index in [4.69, 9.17) is 33.8 Å². The minimum atomic E-state index is 0.561. The van der Waals surface area contributed by atoms with Crippen LogP contribution in [0.25, 0.3) is 101 Å². The quantitative estimate of drug-likeness (QED) is 0.140. The highest BCUT2D eigenvalue weighted by Gasteiger charge is 2.22. The topological polar surface area (TPSA) is 90.7 Å². The molecule has 0 bridgehead atoms. The fourth-order valence-corrected chi connectivity index (χ4v) is 8.73. The number of rotatable bonds is 8. The average molecular weight is 834 g/mol. The lowest BCUT2D eigenvalue weighted by Crippen LogP contribution is -2.01. The van der Waals surface area contributed by atoms with Crippen LogP contribution in [0.1, 0.15) is 12.5 Å². The second-order valence-corrected chi connectivity index (χ2v) is 15.9. The predicted octanol–water partition coefficient (Wildman–Crippen LogP) is 15.0. The van der Waals surface area contributed by atoms with Gasteiger partial charge in [0.15, 0.2) is 28.9 Å². The van der Waals surface area contributed by atoms with Crippen molar-refractivity contribution < 1.29 is 8.83 Å². The van der Waals surface area contributed by atoms with Gasteiger partial charge in [0.05, 0.1) is 0 Å². The van der Waals surface area contributed by atoms with E-state index < -0.39 is 0 Å². The predicted molar refractivity (Wildman–Crippen MR) is 257 cm³/mol. The summed E-state index contributed by atoms with van der Waals surface area (Å²) >= 11 is 1.71. The third-order valence-corrected chi connectivity index (χ3v) is 11.9. The SMILES string of the molecule is C=C/C=C\C.Cc1cccc(-c2nc(-c3ccccc3)nc(-c3cccc4oc5cc(-c6nc(-c7ccccc7)nc7c6oc6ccccc67)ccc5c34)n2)c1Sc1ccccc1. The number of nitrogens with zero attached hydrogens (tertiary/aromatic N) is 5. The molecule has 0 spiro atoms. The maximum Gasteiger partial charge on any atom is 0.180 e.